The summed E-state index contributed by atoms with van der Waals surface area (Å²) >= 11 is 1.40. The first kappa shape index (κ1) is 25.1. The number of rotatable bonds is 13. The van der Waals surface area contributed by atoms with Crippen LogP contribution in [0.15, 0.2) is 30.3 Å². The molecule has 0 saturated carbocycles. The van der Waals surface area contributed by atoms with Gasteiger partial charge in [-0.05, 0) is 12.0 Å². The van der Waals surface area contributed by atoms with Crippen LogP contribution in [0.5, 0.6) is 0 Å². The summed E-state index contributed by atoms with van der Waals surface area (Å²) in [5.74, 6) is 0. The van der Waals surface area contributed by atoms with Gasteiger partial charge in [0.15, 0.2) is 0 Å². The van der Waals surface area contributed by atoms with Crippen LogP contribution in [0.4, 0.5) is 0 Å². The predicted molar refractivity (Wildman–Crippen MR) is 106 cm³/mol. The van der Waals surface area contributed by atoms with Crippen molar-refractivity contribution >= 4 is 38.3 Å². The second-order valence-electron chi connectivity index (χ2n) is 6.57. The molecule has 0 heterocycles. The monoisotopic (exact) mass is 380 g/mol. The van der Waals surface area contributed by atoms with Crippen molar-refractivity contribution in [1.29, 1.82) is 0 Å². The van der Waals surface area contributed by atoms with Gasteiger partial charge in [-0.3, -0.25) is 9.11 Å². The van der Waals surface area contributed by atoms with Crippen molar-refractivity contribution in [2.75, 3.05) is 0 Å². The van der Waals surface area contributed by atoms with Gasteiger partial charge < -0.3 is 0 Å². The zero-order valence-electron chi connectivity index (χ0n) is 15.7. The van der Waals surface area contributed by atoms with E-state index in [2.05, 4.69) is 30.3 Å². The third-order valence-corrected chi connectivity index (χ3v) is 4.87. The summed E-state index contributed by atoms with van der Waals surface area (Å²) in [6, 6.07) is 10.9. The summed E-state index contributed by atoms with van der Waals surface area (Å²) < 4.78 is 33.1. The second-order valence-corrected chi connectivity index (χ2v) is 8.47. The Morgan fingerprint density at radius 1 is 0.680 bits per heavy atom. The number of hydrogen-bond donors (Lipinski definition) is 2. The predicted octanol–water partition coefficient (Wildman–Crippen LogP) is 5.45. The van der Waals surface area contributed by atoms with Crippen LogP contribution in [-0.2, 0) is 16.8 Å². The van der Waals surface area contributed by atoms with Gasteiger partial charge >= 0.3 is 113 Å². The smallest absolute Gasteiger partial charge is 0.0622 e. The van der Waals surface area contributed by atoms with Crippen molar-refractivity contribution in [3.63, 3.8) is 0 Å². The number of hydrogen-bond acceptors (Lipinski definition) is 2. The minimum absolute atomic E-state index is 1.27. The molecule has 0 spiro atoms. The number of benzene rings is 1. The molecule has 0 atom stereocenters. The van der Waals surface area contributed by atoms with Crippen LogP contribution in [0.3, 0.4) is 0 Å². The van der Waals surface area contributed by atoms with Gasteiger partial charge in [0, 0.05) is 0 Å². The zero-order valence-corrected chi connectivity index (χ0v) is 18.5. The average Bonchev–Trinajstić information content (AvgIpc) is 2.55. The molecule has 25 heavy (non-hydrogen) atoms. The maximum absolute atomic E-state index is 8.74. The molecule has 4 nitrogen and oxygen atoms in total. The van der Waals surface area contributed by atoms with Crippen LogP contribution < -0.4 is 0 Å². The van der Waals surface area contributed by atoms with Crippen molar-refractivity contribution in [3.05, 3.63) is 35.9 Å². The molecule has 0 fully saturated rings. The van der Waals surface area contributed by atoms with E-state index >= 15 is 0 Å². The van der Waals surface area contributed by atoms with Crippen molar-refractivity contribution in [1.82, 2.24) is 0 Å². The zero-order chi connectivity index (χ0) is 18.8. The molecule has 0 aliphatic rings. The van der Waals surface area contributed by atoms with Crippen LogP contribution >= 0.6 is 0 Å². The third kappa shape index (κ3) is 24.1. The molecule has 140 valence electrons. The van der Waals surface area contributed by atoms with Gasteiger partial charge in [-0.15, -0.1) is 0 Å². The van der Waals surface area contributed by atoms with Gasteiger partial charge in [-0.1, -0.05) is 30.3 Å². The third-order valence-electron chi connectivity index (χ3n) is 4.16. The fraction of sp³-hybridized carbons (Fsp3) is 0.684. The van der Waals surface area contributed by atoms with Gasteiger partial charge in [-0.2, -0.15) is 8.42 Å². The van der Waals surface area contributed by atoms with E-state index in [0.29, 0.717) is 0 Å². The van der Waals surface area contributed by atoms with Gasteiger partial charge in [0.1, 0.15) is 0 Å². The molecule has 1 rings (SSSR count). The van der Waals surface area contributed by atoms with E-state index < -0.39 is 10.4 Å². The van der Waals surface area contributed by atoms with Crippen LogP contribution in [0.25, 0.3) is 0 Å². The van der Waals surface area contributed by atoms with E-state index in [9.17, 15) is 0 Å². The first-order valence-electron chi connectivity index (χ1n) is 9.67. The van der Waals surface area contributed by atoms with Gasteiger partial charge in [-0.25, -0.2) is 0 Å². The number of aryl methyl sites for hydroxylation is 1. The first-order valence-corrected chi connectivity index (χ1v) is 12.5. The molecule has 1 aromatic rings. The topological polar surface area (TPSA) is 74.6 Å². The van der Waals surface area contributed by atoms with Gasteiger partial charge in [0.2, 0.25) is 0 Å². The summed E-state index contributed by atoms with van der Waals surface area (Å²) in [5, 5.41) is 0. The van der Waals surface area contributed by atoms with E-state index in [-0.39, 0.29) is 0 Å². The van der Waals surface area contributed by atoms with Crippen molar-refractivity contribution in [2.45, 2.75) is 80.7 Å². The minimum atomic E-state index is -4.67. The Labute approximate surface area is 171 Å². The van der Waals surface area contributed by atoms with Gasteiger partial charge in [0.05, 0.1) is 0 Å². The average molecular weight is 381 g/mol. The summed E-state index contributed by atoms with van der Waals surface area (Å²) in [5.41, 5.74) is 1.50. The Morgan fingerprint density at radius 3 is 1.44 bits per heavy atom. The summed E-state index contributed by atoms with van der Waals surface area (Å²) in [6.07, 6.45) is 17.3. The Morgan fingerprint density at radius 2 is 1.04 bits per heavy atom. The molecule has 0 aliphatic heterocycles. The summed E-state index contributed by atoms with van der Waals surface area (Å²) in [7, 11) is -4.67. The standard InChI is InChI=1S/C19H31.Na.H2O4S/c1-2-3-4-5-6-7-8-9-10-11-13-16-19-17-14-12-15-18-19;;1-5(2,3)4/h12,14-15,17-18H,1-11,13,16H2;;(H2,1,2,3,4). The molecule has 0 aromatic heterocycles. The van der Waals surface area contributed by atoms with E-state index in [1.54, 1.807) is 0 Å². The Kier molecular flexibility index (Phi) is 17.6. The molecule has 0 radical (unpaired) electrons. The second kappa shape index (κ2) is 17.5. The van der Waals surface area contributed by atoms with Crippen LogP contribution in [0.1, 0.15) is 76.2 Å². The Balaban J connectivity index is 0.00000101. The van der Waals surface area contributed by atoms with E-state index in [1.807, 2.05) is 0 Å². The van der Waals surface area contributed by atoms with Crippen LogP contribution in [-0.4, -0.2) is 45.5 Å². The van der Waals surface area contributed by atoms with Gasteiger partial charge in [0.25, 0.3) is 0 Å². The molecule has 0 unspecified atom stereocenters. The van der Waals surface area contributed by atoms with Crippen molar-refractivity contribution in [2.24, 2.45) is 0 Å². The van der Waals surface area contributed by atoms with E-state index in [4.69, 9.17) is 17.5 Å². The molecule has 2 N–H and O–H groups in total. The summed E-state index contributed by atoms with van der Waals surface area (Å²) in [6.45, 7) is 0. The molecule has 0 amide bonds. The van der Waals surface area contributed by atoms with E-state index in [1.165, 1.54) is 114 Å². The quantitative estimate of drug-likeness (QED) is 0.271. The Bertz CT molecular complexity index is 483. The molecule has 6 heteroatoms. The molecular weight excluding hydrogens is 347 g/mol. The maximum atomic E-state index is 8.74. The van der Waals surface area contributed by atoms with Crippen molar-refractivity contribution < 1.29 is 17.5 Å². The minimum Gasteiger partial charge on any atom is -0.0622 e. The molecule has 0 aliphatic carbocycles. The fourth-order valence-corrected chi connectivity index (χ4v) is 3.31. The van der Waals surface area contributed by atoms with E-state index in [0.717, 1.165) is 0 Å². The molecule has 0 saturated heterocycles. The normalized spacial score (nSPS) is 11.0. The molecule has 1 aromatic carbocycles. The van der Waals surface area contributed by atoms with Crippen LogP contribution in [0, 0.1) is 0 Å². The first-order chi connectivity index (χ1) is 11.9. The fourth-order valence-electron chi connectivity index (χ4n) is 2.81. The Hall–Kier alpha value is 0.0900. The van der Waals surface area contributed by atoms with Crippen LogP contribution in [0.2, 0.25) is 3.67 Å². The molecular formula is C19H33NaO4S. The SMILES string of the molecule is O=S(=O)(O)O.[Na][CH2]CCCCCCCCCCCCc1ccccc1. The molecule has 0 bridgehead atoms. The number of unbranched alkanes of at least 4 members (excludes halogenated alkanes) is 10. The van der Waals surface area contributed by atoms with Crippen molar-refractivity contribution in [3.8, 4) is 0 Å². The summed E-state index contributed by atoms with van der Waals surface area (Å²) in [4.78, 5) is 0.